The molecule has 0 saturated carbocycles. The summed E-state index contributed by atoms with van der Waals surface area (Å²) >= 11 is 0. The van der Waals surface area contributed by atoms with E-state index in [-0.39, 0.29) is 0 Å². The summed E-state index contributed by atoms with van der Waals surface area (Å²) in [5.41, 5.74) is 10.2. The standard InChI is InChI=1S/C21H24FN4OP/c1-13-10-14(4-6-17(13)21(22)28)26(3)19-7-5-15(11-18(19)23)27-16-8-9-25-20(12-16)24-2/h4-12,21H,23,28H2,1-3H3,(H,24,25). The van der Waals surface area contributed by atoms with Crippen molar-refractivity contribution in [2.75, 3.05) is 30.0 Å². The highest BCUT2D eigenvalue weighted by Gasteiger charge is 2.13. The minimum atomic E-state index is -1.07. The van der Waals surface area contributed by atoms with Crippen molar-refractivity contribution in [3.8, 4) is 11.5 Å². The van der Waals surface area contributed by atoms with Crippen molar-refractivity contribution < 1.29 is 9.13 Å². The van der Waals surface area contributed by atoms with Gasteiger partial charge in [0.1, 0.15) is 23.2 Å². The van der Waals surface area contributed by atoms with E-state index in [1.807, 2.05) is 49.2 Å². The van der Waals surface area contributed by atoms with Crippen LogP contribution in [0, 0.1) is 6.92 Å². The summed E-state index contributed by atoms with van der Waals surface area (Å²) in [7, 11) is 5.91. The summed E-state index contributed by atoms with van der Waals surface area (Å²) < 4.78 is 19.5. The fourth-order valence-corrected chi connectivity index (χ4v) is 3.34. The minimum absolute atomic E-state index is 0.582. The first-order valence-corrected chi connectivity index (χ1v) is 9.51. The number of anilines is 4. The van der Waals surface area contributed by atoms with Crippen LogP contribution in [0.5, 0.6) is 11.5 Å². The molecule has 0 aliphatic carbocycles. The number of aromatic nitrogens is 1. The molecule has 1 aromatic heterocycles. The van der Waals surface area contributed by atoms with E-state index in [9.17, 15) is 4.39 Å². The lowest BCUT2D eigenvalue weighted by molar-refractivity contribution is 0.467. The van der Waals surface area contributed by atoms with E-state index >= 15 is 0 Å². The van der Waals surface area contributed by atoms with E-state index in [4.69, 9.17) is 10.5 Å². The first-order valence-electron chi connectivity index (χ1n) is 8.84. The SMILES string of the molecule is CNc1cc(Oc2ccc(N(C)c3ccc(C(F)P)c(C)c3)c(N)c2)ccn1. The summed E-state index contributed by atoms with van der Waals surface area (Å²) in [6.07, 6.45) is 1.68. The summed E-state index contributed by atoms with van der Waals surface area (Å²) in [4.78, 5) is 6.13. The van der Waals surface area contributed by atoms with Crippen LogP contribution >= 0.6 is 9.24 Å². The molecule has 2 atom stereocenters. The molecule has 2 aromatic carbocycles. The van der Waals surface area contributed by atoms with Crippen molar-refractivity contribution in [2.45, 2.75) is 12.8 Å². The van der Waals surface area contributed by atoms with Crippen molar-refractivity contribution in [1.29, 1.82) is 0 Å². The molecule has 3 aromatic rings. The number of nitrogens with one attached hydrogen (secondary N) is 1. The molecule has 0 radical (unpaired) electrons. The van der Waals surface area contributed by atoms with Gasteiger partial charge in [0.15, 0.2) is 0 Å². The second-order valence-corrected chi connectivity index (χ2v) is 7.04. The molecule has 0 saturated heterocycles. The third-order valence-corrected chi connectivity index (χ3v) is 4.88. The molecule has 0 amide bonds. The van der Waals surface area contributed by atoms with Crippen LogP contribution in [0.1, 0.15) is 17.0 Å². The van der Waals surface area contributed by atoms with E-state index in [0.717, 1.165) is 22.8 Å². The van der Waals surface area contributed by atoms with Crippen molar-refractivity contribution in [1.82, 2.24) is 4.98 Å². The lowest BCUT2D eigenvalue weighted by Crippen LogP contribution is -2.12. The van der Waals surface area contributed by atoms with Crippen LogP contribution in [0.15, 0.2) is 54.7 Å². The Balaban J connectivity index is 1.82. The summed E-state index contributed by atoms with van der Waals surface area (Å²) in [6.45, 7) is 1.90. The van der Waals surface area contributed by atoms with E-state index in [1.54, 1.807) is 31.4 Å². The molecule has 7 heteroatoms. The molecule has 0 aliphatic rings. The molecule has 0 bridgehead atoms. The molecule has 5 nitrogen and oxygen atoms in total. The fourth-order valence-electron chi connectivity index (χ4n) is 2.97. The average molecular weight is 398 g/mol. The van der Waals surface area contributed by atoms with Gasteiger partial charge in [0, 0.05) is 38.1 Å². The molecule has 3 N–H and O–H groups in total. The zero-order valence-electron chi connectivity index (χ0n) is 16.1. The van der Waals surface area contributed by atoms with E-state index in [1.165, 1.54) is 0 Å². The molecular weight excluding hydrogens is 374 g/mol. The lowest BCUT2D eigenvalue weighted by Gasteiger charge is -2.23. The summed E-state index contributed by atoms with van der Waals surface area (Å²) in [5.74, 6) is 0.959. The topological polar surface area (TPSA) is 63.4 Å². The molecule has 2 unspecified atom stereocenters. The maximum absolute atomic E-state index is 13.6. The summed E-state index contributed by atoms with van der Waals surface area (Å²) in [5, 5.41) is 2.97. The van der Waals surface area contributed by atoms with Crippen molar-refractivity contribution in [3.05, 3.63) is 65.9 Å². The number of nitrogens with zero attached hydrogens (tertiary/aromatic N) is 2. The van der Waals surface area contributed by atoms with E-state index in [2.05, 4.69) is 19.5 Å². The fraction of sp³-hybridized carbons (Fsp3) is 0.190. The van der Waals surface area contributed by atoms with Gasteiger partial charge >= 0.3 is 0 Å². The van der Waals surface area contributed by atoms with Crippen molar-refractivity contribution in [2.24, 2.45) is 0 Å². The Bertz CT molecular complexity index is 980. The van der Waals surface area contributed by atoms with Crippen LogP contribution in [0.2, 0.25) is 0 Å². The smallest absolute Gasteiger partial charge is 0.138 e. The molecule has 146 valence electrons. The first-order chi connectivity index (χ1) is 13.4. The lowest BCUT2D eigenvalue weighted by atomic mass is 10.1. The third-order valence-electron chi connectivity index (χ3n) is 4.52. The molecule has 3 rings (SSSR count). The second-order valence-electron chi connectivity index (χ2n) is 6.45. The van der Waals surface area contributed by atoms with Gasteiger partial charge in [-0.2, -0.15) is 0 Å². The van der Waals surface area contributed by atoms with Crippen LogP contribution in [0.25, 0.3) is 0 Å². The number of alkyl halides is 1. The molecule has 0 spiro atoms. The number of nitrogen functional groups attached to an aromatic ring is 1. The van der Waals surface area contributed by atoms with Gasteiger partial charge in [0.2, 0.25) is 0 Å². The van der Waals surface area contributed by atoms with Crippen molar-refractivity contribution in [3.63, 3.8) is 0 Å². The van der Waals surface area contributed by atoms with Crippen molar-refractivity contribution >= 4 is 32.1 Å². The van der Waals surface area contributed by atoms with Gasteiger partial charge in [0.05, 0.1) is 11.4 Å². The number of benzene rings is 2. The van der Waals surface area contributed by atoms with Gasteiger partial charge in [-0.3, -0.25) is 0 Å². The van der Waals surface area contributed by atoms with Gasteiger partial charge in [-0.25, -0.2) is 9.37 Å². The number of nitrogens with two attached hydrogens (primary N) is 1. The average Bonchev–Trinajstić information content (AvgIpc) is 2.67. The number of ether oxygens (including phenoxy) is 1. The highest BCUT2D eigenvalue weighted by Crippen LogP contribution is 2.35. The maximum Gasteiger partial charge on any atom is 0.138 e. The Kier molecular flexibility index (Phi) is 6.00. The number of hydrogen-bond acceptors (Lipinski definition) is 5. The molecule has 1 heterocycles. The summed E-state index contributed by atoms with van der Waals surface area (Å²) in [6, 6.07) is 14.8. The number of hydrogen-bond donors (Lipinski definition) is 2. The highest BCUT2D eigenvalue weighted by atomic mass is 31.0. The first kappa shape index (κ1) is 19.9. The predicted molar refractivity (Wildman–Crippen MR) is 118 cm³/mol. The zero-order valence-corrected chi connectivity index (χ0v) is 17.3. The monoisotopic (exact) mass is 398 g/mol. The number of rotatable bonds is 6. The zero-order chi connectivity index (χ0) is 20.3. The van der Waals surface area contributed by atoms with Gasteiger partial charge in [-0.05, 0) is 48.4 Å². The number of pyridine rings is 1. The minimum Gasteiger partial charge on any atom is -0.457 e. The molecular formula is C21H24FN4OP. The Morgan fingerprint density at radius 1 is 1.14 bits per heavy atom. The van der Waals surface area contributed by atoms with Crippen LogP contribution in [0.3, 0.4) is 0 Å². The van der Waals surface area contributed by atoms with Gasteiger partial charge < -0.3 is 20.7 Å². The molecule has 28 heavy (non-hydrogen) atoms. The molecule has 0 fully saturated rings. The highest BCUT2D eigenvalue weighted by molar-refractivity contribution is 7.16. The number of aryl methyl sites for hydroxylation is 1. The van der Waals surface area contributed by atoms with Gasteiger partial charge in [-0.15, -0.1) is 0 Å². The Morgan fingerprint density at radius 2 is 1.89 bits per heavy atom. The normalized spacial score (nSPS) is 11.8. The van der Waals surface area contributed by atoms with Crippen LogP contribution in [-0.4, -0.2) is 19.1 Å². The number of halogens is 1. The van der Waals surface area contributed by atoms with Crippen LogP contribution < -0.4 is 20.7 Å². The predicted octanol–water partition coefficient (Wildman–Crippen LogP) is 5.42. The Labute approximate surface area is 166 Å². The van der Waals surface area contributed by atoms with Gasteiger partial charge in [-0.1, -0.05) is 15.3 Å². The van der Waals surface area contributed by atoms with E-state index in [0.29, 0.717) is 22.7 Å². The van der Waals surface area contributed by atoms with E-state index < -0.39 is 5.91 Å². The largest absolute Gasteiger partial charge is 0.457 e. The third kappa shape index (κ3) is 4.34. The second kappa shape index (κ2) is 8.44. The van der Waals surface area contributed by atoms with Crippen LogP contribution in [-0.2, 0) is 0 Å². The van der Waals surface area contributed by atoms with Gasteiger partial charge in [0.25, 0.3) is 0 Å². The quantitative estimate of drug-likeness (QED) is 0.429. The molecule has 0 aliphatic heterocycles. The maximum atomic E-state index is 13.6. The Morgan fingerprint density at radius 3 is 2.54 bits per heavy atom. The Hall–Kier alpha value is -2.85. The van der Waals surface area contributed by atoms with Crippen LogP contribution in [0.4, 0.5) is 27.3 Å².